The van der Waals surface area contributed by atoms with Crippen LogP contribution in [0.15, 0.2) is 42.5 Å². The van der Waals surface area contributed by atoms with Gasteiger partial charge in [-0.2, -0.15) is 0 Å². The van der Waals surface area contributed by atoms with Crippen LogP contribution in [0.1, 0.15) is 25.3 Å². The molecular weight excluding hydrogens is 404 g/mol. The number of para-hydroxylation sites is 2. The Morgan fingerprint density at radius 1 is 1.30 bits per heavy atom. The number of likely N-dealkylation sites (tertiary alicyclic amines) is 1. The van der Waals surface area contributed by atoms with Crippen molar-refractivity contribution in [2.24, 2.45) is 0 Å². The molecule has 0 unspecified atom stereocenters. The Morgan fingerprint density at radius 2 is 2.07 bits per heavy atom. The number of fused-ring (bicyclic) bond motifs is 1. The van der Waals surface area contributed by atoms with Crippen LogP contribution in [-0.4, -0.2) is 53.9 Å². The molecule has 0 bridgehead atoms. The Balaban J connectivity index is 1.26. The number of halogens is 1. The maximum absolute atomic E-state index is 11.3. The molecule has 1 atom stereocenters. The normalized spacial score (nSPS) is 18.5. The van der Waals surface area contributed by atoms with Gasteiger partial charge in [0.25, 0.3) is 0 Å². The number of amides is 1. The predicted molar refractivity (Wildman–Crippen MR) is 116 cm³/mol. The van der Waals surface area contributed by atoms with E-state index in [2.05, 4.69) is 10.2 Å². The second-order valence-corrected chi connectivity index (χ2v) is 8.59. The summed E-state index contributed by atoms with van der Waals surface area (Å²) in [6.07, 6.45) is 2.10. The van der Waals surface area contributed by atoms with Crippen LogP contribution in [0.5, 0.6) is 11.5 Å². The van der Waals surface area contributed by atoms with Gasteiger partial charge < -0.3 is 24.8 Å². The van der Waals surface area contributed by atoms with E-state index in [0.717, 1.165) is 43.1 Å². The van der Waals surface area contributed by atoms with Crippen molar-refractivity contribution in [1.82, 2.24) is 4.90 Å². The highest BCUT2D eigenvalue weighted by Gasteiger charge is 2.42. The standard InChI is InChI=1S/C23H27ClN2O4/c1-16(27)25-20-4-2-3-5-22(20)29-15-19(28)14-26-10-8-23(9-11-26)13-17-12-18(24)6-7-21(17)30-23/h2-7,12,19,28H,8-11,13-15H2,1H3,(H,25,27)/t19-/m0/s1. The SMILES string of the molecule is CC(=O)Nc1ccccc1OC[C@@H](O)CN1CCC2(CC1)Cc1cc(Cl)ccc1O2. The van der Waals surface area contributed by atoms with Crippen LogP contribution in [0.3, 0.4) is 0 Å². The maximum atomic E-state index is 11.3. The molecular formula is C23H27ClN2O4. The average molecular weight is 431 g/mol. The van der Waals surface area contributed by atoms with E-state index in [9.17, 15) is 9.90 Å². The minimum atomic E-state index is -0.620. The lowest BCUT2D eigenvalue weighted by Gasteiger charge is -2.39. The second-order valence-electron chi connectivity index (χ2n) is 8.16. The van der Waals surface area contributed by atoms with Gasteiger partial charge >= 0.3 is 0 Å². The monoisotopic (exact) mass is 430 g/mol. The number of β-amino-alcohol motifs (C(OH)–C–C–N with tert-alkyl or cyclic N) is 1. The summed E-state index contributed by atoms with van der Waals surface area (Å²) < 4.78 is 12.0. The number of rotatable bonds is 6. The fourth-order valence-electron chi connectivity index (χ4n) is 4.25. The van der Waals surface area contributed by atoms with E-state index in [1.165, 1.54) is 12.5 Å². The fraction of sp³-hybridized carbons (Fsp3) is 0.435. The molecule has 6 nitrogen and oxygen atoms in total. The lowest BCUT2D eigenvalue weighted by atomic mass is 9.87. The van der Waals surface area contributed by atoms with Crippen LogP contribution in [0.2, 0.25) is 5.02 Å². The van der Waals surface area contributed by atoms with Crippen molar-refractivity contribution in [3.8, 4) is 11.5 Å². The van der Waals surface area contributed by atoms with E-state index < -0.39 is 6.10 Å². The van der Waals surface area contributed by atoms with Crippen LogP contribution >= 0.6 is 11.6 Å². The zero-order chi connectivity index (χ0) is 21.1. The maximum Gasteiger partial charge on any atom is 0.221 e. The molecule has 1 saturated heterocycles. The van der Waals surface area contributed by atoms with Gasteiger partial charge in [-0.15, -0.1) is 0 Å². The molecule has 30 heavy (non-hydrogen) atoms. The number of hydrogen-bond donors (Lipinski definition) is 2. The minimum Gasteiger partial charge on any atom is -0.489 e. The van der Waals surface area contributed by atoms with Crippen molar-refractivity contribution in [3.63, 3.8) is 0 Å². The number of nitrogens with zero attached hydrogens (tertiary/aromatic N) is 1. The Hall–Kier alpha value is -2.28. The summed E-state index contributed by atoms with van der Waals surface area (Å²) in [5.41, 5.74) is 1.64. The van der Waals surface area contributed by atoms with Gasteiger partial charge in [-0.3, -0.25) is 4.79 Å². The summed E-state index contributed by atoms with van der Waals surface area (Å²) >= 11 is 6.12. The zero-order valence-corrected chi connectivity index (χ0v) is 17.8. The zero-order valence-electron chi connectivity index (χ0n) is 17.1. The van der Waals surface area contributed by atoms with E-state index in [1.54, 1.807) is 12.1 Å². The predicted octanol–water partition coefficient (Wildman–Crippen LogP) is 3.51. The Labute approximate surface area is 181 Å². The Kier molecular flexibility index (Phi) is 6.18. The molecule has 0 radical (unpaired) electrons. The first-order valence-corrected chi connectivity index (χ1v) is 10.7. The Morgan fingerprint density at radius 3 is 2.83 bits per heavy atom. The number of carbonyl (C=O) groups is 1. The summed E-state index contributed by atoms with van der Waals surface area (Å²) in [5.74, 6) is 1.34. The van der Waals surface area contributed by atoms with Gasteiger partial charge in [-0.25, -0.2) is 0 Å². The molecule has 2 aliphatic rings. The molecule has 2 aromatic carbocycles. The van der Waals surface area contributed by atoms with Crippen molar-refractivity contribution in [2.45, 2.75) is 37.9 Å². The van der Waals surface area contributed by atoms with Gasteiger partial charge in [0, 0.05) is 50.8 Å². The summed E-state index contributed by atoms with van der Waals surface area (Å²) in [6, 6.07) is 13.1. The molecule has 0 aliphatic carbocycles. The average Bonchev–Trinajstić information content (AvgIpc) is 3.06. The van der Waals surface area contributed by atoms with Crippen molar-refractivity contribution in [1.29, 1.82) is 0 Å². The number of aliphatic hydroxyl groups excluding tert-OH is 1. The first kappa shape index (κ1) is 21.0. The molecule has 160 valence electrons. The van der Waals surface area contributed by atoms with E-state index in [1.807, 2.05) is 30.3 Å². The fourth-order valence-corrected chi connectivity index (χ4v) is 4.44. The molecule has 1 amide bonds. The third kappa shape index (κ3) is 4.89. The number of benzene rings is 2. The summed E-state index contributed by atoms with van der Waals surface area (Å²) in [4.78, 5) is 13.6. The van der Waals surface area contributed by atoms with Gasteiger partial charge in [-0.05, 0) is 35.9 Å². The largest absolute Gasteiger partial charge is 0.489 e. The Bertz CT molecular complexity index is 912. The van der Waals surface area contributed by atoms with Gasteiger partial charge in [0.15, 0.2) is 0 Å². The smallest absolute Gasteiger partial charge is 0.221 e. The van der Waals surface area contributed by atoms with Crippen LogP contribution in [0.4, 0.5) is 5.69 Å². The molecule has 2 N–H and O–H groups in total. The van der Waals surface area contributed by atoms with Gasteiger partial charge in [-0.1, -0.05) is 23.7 Å². The van der Waals surface area contributed by atoms with E-state index >= 15 is 0 Å². The van der Waals surface area contributed by atoms with Gasteiger partial charge in [0.2, 0.25) is 5.91 Å². The first-order valence-electron chi connectivity index (χ1n) is 10.3. The number of hydrogen-bond acceptors (Lipinski definition) is 5. The molecule has 4 rings (SSSR count). The van der Waals surface area contributed by atoms with Crippen LogP contribution in [0, 0.1) is 0 Å². The molecule has 2 aromatic rings. The van der Waals surface area contributed by atoms with Crippen molar-refractivity contribution in [2.75, 3.05) is 31.6 Å². The number of carbonyl (C=O) groups excluding carboxylic acids is 1. The molecule has 0 aromatic heterocycles. The highest BCUT2D eigenvalue weighted by molar-refractivity contribution is 6.30. The second kappa shape index (κ2) is 8.84. The lowest BCUT2D eigenvalue weighted by Crippen LogP contribution is -2.49. The first-order chi connectivity index (χ1) is 14.4. The molecule has 2 aliphatic heterocycles. The highest BCUT2D eigenvalue weighted by Crippen LogP contribution is 2.41. The summed E-state index contributed by atoms with van der Waals surface area (Å²) in [6.45, 7) is 3.88. The quantitative estimate of drug-likeness (QED) is 0.733. The number of anilines is 1. The van der Waals surface area contributed by atoms with E-state index in [4.69, 9.17) is 21.1 Å². The topological polar surface area (TPSA) is 71.0 Å². The number of nitrogens with one attached hydrogen (secondary N) is 1. The van der Waals surface area contributed by atoms with Gasteiger partial charge in [0.1, 0.15) is 29.8 Å². The van der Waals surface area contributed by atoms with E-state index in [-0.39, 0.29) is 18.1 Å². The number of piperidine rings is 1. The molecule has 2 heterocycles. The summed E-state index contributed by atoms with van der Waals surface area (Å²) in [7, 11) is 0. The third-order valence-corrected chi connectivity index (χ3v) is 5.96. The van der Waals surface area contributed by atoms with Crippen molar-refractivity contribution >= 4 is 23.2 Å². The highest BCUT2D eigenvalue weighted by atomic mass is 35.5. The minimum absolute atomic E-state index is 0.151. The lowest BCUT2D eigenvalue weighted by molar-refractivity contribution is -0.114. The summed E-state index contributed by atoms with van der Waals surface area (Å²) in [5, 5.41) is 13.9. The third-order valence-electron chi connectivity index (χ3n) is 5.73. The number of ether oxygens (including phenoxy) is 2. The molecule has 0 saturated carbocycles. The molecule has 1 fully saturated rings. The molecule has 7 heteroatoms. The van der Waals surface area contributed by atoms with Crippen LogP contribution in [-0.2, 0) is 11.2 Å². The van der Waals surface area contributed by atoms with Crippen LogP contribution in [0.25, 0.3) is 0 Å². The van der Waals surface area contributed by atoms with E-state index in [0.29, 0.717) is 18.0 Å². The van der Waals surface area contributed by atoms with Crippen molar-refractivity contribution < 1.29 is 19.4 Å². The van der Waals surface area contributed by atoms with Gasteiger partial charge in [0.05, 0.1) is 5.69 Å². The van der Waals surface area contributed by atoms with Crippen LogP contribution < -0.4 is 14.8 Å². The number of aliphatic hydroxyl groups is 1. The molecule has 1 spiro atoms. The van der Waals surface area contributed by atoms with Crippen molar-refractivity contribution in [3.05, 3.63) is 53.1 Å².